The van der Waals surface area contributed by atoms with Gasteiger partial charge in [0.15, 0.2) is 6.21 Å². The van der Waals surface area contributed by atoms with Crippen molar-refractivity contribution in [3.63, 3.8) is 0 Å². The number of unbranched alkanes of at least 4 members (excludes halogenated alkanes) is 1. The standard InChI is InChI=1S/C14H19NO6S2/c1-14(2)10-15(7-3-4-8-22(16,17)18)13-6-5-11(9-12(13)14)23(19,20)21/h5-6,9-10H,3-4,7-8H2,1-2H3,(H-,16,17,18,19,20,21)/p+1. The summed E-state index contributed by atoms with van der Waals surface area (Å²) >= 11 is 0. The third-order valence-corrected chi connectivity index (χ3v) is 5.45. The van der Waals surface area contributed by atoms with E-state index in [1.54, 1.807) is 6.07 Å². The first-order valence-electron chi connectivity index (χ1n) is 7.10. The summed E-state index contributed by atoms with van der Waals surface area (Å²) in [7, 11) is -8.20. The number of rotatable bonds is 6. The summed E-state index contributed by atoms with van der Waals surface area (Å²) < 4.78 is 63.8. The molecule has 1 heterocycles. The summed E-state index contributed by atoms with van der Waals surface area (Å²) in [4.78, 5) is -0.147. The number of hydrogen-bond acceptors (Lipinski definition) is 4. The van der Waals surface area contributed by atoms with Gasteiger partial charge < -0.3 is 0 Å². The zero-order chi connectivity index (χ0) is 17.5. The van der Waals surface area contributed by atoms with E-state index in [0.717, 1.165) is 11.3 Å². The molecule has 0 spiro atoms. The fourth-order valence-electron chi connectivity index (χ4n) is 2.72. The predicted octanol–water partition coefficient (Wildman–Crippen LogP) is 1.61. The molecule has 0 aliphatic carbocycles. The average Bonchev–Trinajstić information content (AvgIpc) is 2.64. The first-order chi connectivity index (χ1) is 10.4. The van der Waals surface area contributed by atoms with Gasteiger partial charge >= 0.3 is 0 Å². The maximum Gasteiger partial charge on any atom is 0.294 e. The van der Waals surface area contributed by atoms with Crippen LogP contribution in [0.4, 0.5) is 5.69 Å². The van der Waals surface area contributed by atoms with Crippen LogP contribution in [0.5, 0.6) is 0 Å². The fourth-order valence-corrected chi connectivity index (χ4v) is 3.80. The Labute approximate surface area is 136 Å². The van der Waals surface area contributed by atoms with Crippen molar-refractivity contribution < 1.29 is 30.5 Å². The molecule has 0 saturated heterocycles. The summed E-state index contributed by atoms with van der Waals surface area (Å²) in [5, 5.41) is 0. The van der Waals surface area contributed by atoms with Crippen LogP contribution in [0.15, 0.2) is 23.1 Å². The molecule has 23 heavy (non-hydrogen) atoms. The normalized spacial score (nSPS) is 17.0. The van der Waals surface area contributed by atoms with Crippen molar-refractivity contribution in [3.05, 3.63) is 23.8 Å². The average molecular weight is 362 g/mol. The van der Waals surface area contributed by atoms with E-state index in [1.165, 1.54) is 12.1 Å². The summed E-state index contributed by atoms with van der Waals surface area (Å²) in [6.45, 7) is 4.41. The minimum atomic E-state index is -4.26. The molecule has 1 aliphatic rings. The van der Waals surface area contributed by atoms with Gasteiger partial charge in [-0.2, -0.15) is 16.8 Å². The third kappa shape index (κ3) is 4.37. The lowest BCUT2D eigenvalue weighted by atomic mass is 9.87. The molecule has 1 aromatic carbocycles. The molecule has 0 saturated carbocycles. The largest absolute Gasteiger partial charge is 0.294 e. The van der Waals surface area contributed by atoms with Crippen LogP contribution in [0.3, 0.4) is 0 Å². The summed E-state index contributed by atoms with van der Waals surface area (Å²) in [5.41, 5.74) is 1.20. The first kappa shape index (κ1) is 18.1. The second kappa shape index (κ2) is 5.97. The topological polar surface area (TPSA) is 112 Å². The highest BCUT2D eigenvalue weighted by Crippen LogP contribution is 2.37. The van der Waals surface area contributed by atoms with Crippen molar-refractivity contribution in [1.29, 1.82) is 0 Å². The minimum Gasteiger partial charge on any atom is -0.286 e. The van der Waals surface area contributed by atoms with E-state index in [-0.39, 0.29) is 10.6 Å². The molecule has 7 nitrogen and oxygen atoms in total. The van der Waals surface area contributed by atoms with Gasteiger partial charge in [-0.15, -0.1) is 0 Å². The molecule has 9 heteroatoms. The number of benzene rings is 1. The predicted molar refractivity (Wildman–Crippen MR) is 85.8 cm³/mol. The molecule has 2 rings (SSSR count). The van der Waals surface area contributed by atoms with Crippen molar-refractivity contribution in [2.24, 2.45) is 0 Å². The molecule has 0 aromatic heterocycles. The van der Waals surface area contributed by atoms with E-state index in [4.69, 9.17) is 4.55 Å². The van der Waals surface area contributed by atoms with E-state index >= 15 is 0 Å². The van der Waals surface area contributed by atoms with Crippen LogP contribution in [0.2, 0.25) is 0 Å². The molecular formula is C14H20NO6S2+. The van der Waals surface area contributed by atoms with Crippen LogP contribution in [0.25, 0.3) is 0 Å². The Hall–Kier alpha value is -1.29. The zero-order valence-electron chi connectivity index (χ0n) is 12.9. The molecule has 0 unspecified atom stereocenters. The molecule has 128 valence electrons. The highest BCUT2D eigenvalue weighted by atomic mass is 32.2. The van der Waals surface area contributed by atoms with E-state index in [1.807, 2.05) is 24.6 Å². The van der Waals surface area contributed by atoms with Gasteiger partial charge in [-0.25, -0.2) is 4.58 Å². The Morgan fingerprint density at radius 1 is 1.09 bits per heavy atom. The molecular weight excluding hydrogens is 342 g/mol. The summed E-state index contributed by atoms with van der Waals surface area (Å²) in [6, 6.07) is 4.43. The quantitative estimate of drug-likeness (QED) is 0.452. The maximum absolute atomic E-state index is 11.3. The van der Waals surface area contributed by atoms with Crippen molar-refractivity contribution in [3.8, 4) is 0 Å². The van der Waals surface area contributed by atoms with Crippen LogP contribution in [-0.4, -0.2) is 49.0 Å². The summed E-state index contributed by atoms with van der Waals surface area (Å²) in [6.07, 6.45) is 2.84. The van der Waals surface area contributed by atoms with Crippen LogP contribution >= 0.6 is 0 Å². The lowest BCUT2D eigenvalue weighted by molar-refractivity contribution is -0.434. The van der Waals surface area contributed by atoms with E-state index < -0.39 is 25.7 Å². The Morgan fingerprint density at radius 2 is 1.74 bits per heavy atom. The van der Waals surface area contributed by atoms with Gasteiger partial charge in [0.25, 0.3) is 20.2 Å². The molecule has 0 radical (unpaired) electrons. The lowest BCUT2D eigenvalue weighted by Gasteiger charge is -2.11. The van der Waals surface area contributed by atoms with Gasteiger partial charge in [0.05, 0.1) is 16.1 Å². The number of hydrogen-bond donors (Lipinski definition) is 2. The number of fused-ring (bicyclic) bond motifs is 1. The first-order valence-corrected chi connectivity index (χ1v) is 10.1. The Morgan fingerprint density at radius 3 is 2.30 bits per heavy atom. The monoisotopic (exact) mass is 362 g/mol. The SMILES string of the molecule is CC1(C)C=[N+](CCCCS(=O)(=O)O)c2ccc(S(=O)(=O)O)cc21. The van der Waals surface area contributed by atoms with E-state index in [2.05, 4.69) is 0 Å². The molecule has 1 aromatic rings. The zero-order valence-corrected chi connectivity index (χ0v) is 14.6. The summed E-state index contributed by atoms with van der Waals surface area (Å²) in [5.74, 6) is -0.279. The highest BCUT2D eigenvalue weighted by Gasteiger charge is 2.37. The van der Waals surface area contributed by atoms with Gasteiger partial charge in [-0.1, -0.05) is 0 Å². The van der Waals surface area contributed by atoms with Gasteiger partial charge in [0, 0.05) is 18.1 Å². The Kier molecular flexibility index (Phi) is 4.69. The van der Waals surface area contributed by atoms with E-state index in [0.29, 0.717) is 19.4 Å². The fraction of sp³-hybridized carbons (Fsp3) is 0.500. The van der Waals surface area contributed by atoms with Gasteiger partial charge in [0.2, 0.25) is 5.69 Å². The number of nitrogens with zero attached hydrogens (tertiary/aromatic N) is 1. The molecule has 0 bridgehead atoms. The van der Waals surface area contributed by atoms with Crippen LogP contribution in [-0.2, 0) is 25.7 Å². The van der Waals surface area contributed by atoms with Crippen molar-refractivity contribution in [1.82, 2.24) is 0 Å². The highest BCUT2D eigenvalue weighted by molar-refractivity contribution is 7.86. The second-order valence-electron chi connectivity index (χ2n) is 6.19. The third-order valence-electron chi connectivity index (χ3n) is 3.80. The maximum atomic E-state index is 11.3. The Bertz CT molecular complexity index is 853. The molecule has 0 amide bonds. The van der Waals surface area contributed by atoms with Gasteiger partial charge in [-0.05, 0) is 32.4 Å². The molecule has 0 atom stereocenters. The second-order valence-corrected chi connectivity index (χ2v) is 9.18. The minimum absolute atomic E-state index is 0.147. The lowest BCUT2D eigenvalue weighted by Crippen LogP contribution is -2.17. The van der Waals surface area contributed by atoms with Crippen LogP contribution < -0.4 is 0 Å². The van der Waals surface area contributed by atoms with Gasteiger partial charge in [-0.3, -0.25) is 9.11 Å². The van der Waals surface area contributed by atoms with Crippen molar-refractivity contribution in [2.75, 3.05) is 12.3 Å². The van der Waals surface area contributed by atoms with Gasteiger partial charge in [0.1, 0.15) is 6.54 Å². The van der Waals surface area contributed by atoms with Crippen LogP contribution in [0.1, 0.15) is 32.3 Å². The molecule has 2 N–H and O–H groups in total. The molecule has 0 fully saturated rings. The van der Waals surface area contributed by atoms with Crippen molar-refractivity contribution in [2.45, 2.75) is 37.0 Å². The Balaban J connectivity index is 2.20. The van der Waals surface area contributed by atoms with Crippen molar-refractivity contribution >= 4 is 32.1 Å². The smallest absolute Gasteiger partial charge is 0.286 e. The molecule has 1 aliphatic heterocycles. The van der Waals surface area contributed by atoms with E-state index in [9.17, 15) is 21.4 Å². The van der Waals surface area contributed by atoms with Crippen LogP contribution in [0, 0.1) is 0 Å².